The predicted octanol–water partition coefficient (Wildman–Crippen LogP) is 4.11. The van der Waals surface area contributed by atoms with Gasteiger partial charge in [-0.2, -0.15) is 0 Å². The Kier molecular flexibility index (Phi) is 3.84. The quantitative estimate of drug-likeness (QED) is 0.919. The minimum Gasteiger partial charge on any atom is -0.326 e. The molecule has 0 atom stereocenters. The maximum atomic E-state index is 4.49. The van der Waals surface area contributed by atoms with Crippen molar-refractivity contribution < 1.29 is 0 Å². The molecule has 1 N–H and O–H groups in total. The van der Waals surface area contributed by atoms with E-state index in [1.165, 1.54) is 0 Å². The highest BCUT2D eigenvalue weighted by Gasteiger charge is 2.05. The molecule has 3 nitrogen and oxygen atoms in total. The first-order chi connectivity index (χ1) is 8.19. The van der Waals surface area contributed by atoms with Gasteiger partial charge in [0.25, 0.3) is 0 Å². The molecule has 1 aromatic heterocycles. The number of hydrogen-bond donors (Lipinski definition) is 1. The van der Waals surface area contributed by atoms with Gasteiger partial charge in [-0.25, -0.2) is 4.98 Å². The number of aryl methyl sites for hydroxylation is 2. The molecule has 0 amide bonds. The van der Waals surface area contributed by atoms with Crippen LogP contribution in [0, 0.1) is 6.92 Å². The van der Waals surface area contributed by atoms with Crippen molar-refractivity contribution >= 4 is 27.6 Å². The number of anilines is 2. The third-order valence-corrected chi connectivity index (χ3v) is 2.94. The molecule has 1 heterocycles. The van der Waals surface area contributed by atoms with E-state index in [0.717, 1.165) is 34.8 Å². The summed E-state index contributed by atoms with van der Waals surface area (Å²) in [5.41, 5.74) is 2.08. The number of halogens is 1. The Bertz CT molecular complexity index is 505. The van der Waals surface area contributed by atoms with Gasteiger partial charge in [0.2, 0.25) is 5.95 Å². The van der Waals surface area contributed by atoms with Gasteiger partial charge in [0.05, 0.1) is 5.69 Å². The number of nitrogens with zero attached hydrogens (tertiary/aromatic N) is 2. The van der Waals surface area contributed by atoms with Crippen LogP contribution in [-0.4, -0.2) is 9.55 Å². The predicted molar refractivity (Wildman–Crippen MR) is 74.7 cm³/mol. The summed E-state index contributed by atoms with van der Waals surface area (Å²) in [6.07, 6.45) is 3.17. The molecular formula is C13H16BrN3. The van der Waals surface area contributed by atoms with Crippen LogP contribution in [0.25, 0.3) is 0 Å². The highest BCUT2D eigenvalue weighted by molar-refractivity contribution is 9.10. The molecular weight excluding hydrogens is 278 g/mol. The van der Waals surface area contributed by atoms with Gasteiger partial charge in [0.1, 0.15) is 0 Å². The minimum absolute atomic E-state index is 0.905. The van der Waals surface area contributed by atoms with Gasteiger partial charge in [-0.05, 0) is 31.5 Å². The molecule has 0 saturated heterocycles. The lowest BCUT2D eigenvalue weighted by Gasteiger charge is -2.08. The fourth-order valence-corrected chi connectivity index (χ4v) is 2.15. The Balaban J connectivity index is 2.23. The van der Waals surface area contributed by atoms with Crippen LogP contribution < -0.4 is 5.32 Å². The van der Waals surface area contributed by atoms with Crippen molar-refractivity contribution in [1.82, 2.24) is 9.55 Å². The average molecular weight is 294 g/mol. The average Bonchev–Trinajstić information content (AvgIpc) is 2.59. The van der Waals surface area contributed by atoms with Crippen molar-refractivity contribution in [3.63, 3.8) is 0 Å². The number of rotatable bonds is 4. The van der Waals surface area contributed by atoms with E-state index in [1.54, 1.807) is 0 Å². The van der Waals surface area contributed by atoms with Crippen molar-refractivity contribution in [1.29, 1.82) is 0 Å². The topological polar surface area (TPSA) is 29.9 Å². The highest BCUT2D eigenvalue weighted by atomic mass is 79.9. The van der Waals surface area contributed by atoms with Crippen molar-refractivity contribution in [3.05, 3.63) is 40.6 Å². The van der Waals surface area contributed by atoms with E-state index >= 15 is 0 Å². The second kappa shape index (κ2) is 5.36. The zero-order chi connectivity index (χ0) is 12.3. The SMILES string of the molecule is CCCn1cc(C)nc1Nc1cccc(Br)c1. The zero-order valence-electron chi connectivity index (χ0n) is 10.1. The number of aromatic nitrogens is 2. The lowest BCUT2D eigenvalue weighted by Crippen LogP contribution is -2.02. The first-order valence-electron chi connectivity index (χ1n) is 5.75. The summed E-state index contributed by atoms with van der Waals surface area (Å²) in [5.74, 6) is 0.905. The third kappa shape index (κ3) is 3.09. The largest absolute Gasteiger partial charge is 0.326 e. The van der Waals surface area contributed by atoms with E-state index in [-0.39, 0.29) is 0 Å². The first kappa shape index (κ1) is 12.2. The molecule has 4 heteroatoms. The molecule has 0 aliphatic carbocycles. The van der Waals surface area contributed by atoms with Crippen LogP contribution in [0.2, 0.25) is 0 Å². The lowest BCUT2D eigenvalue weighted by atomic mass is 10.3. The normalized spacial score (nSPS) is 10.5. The first-order valence-corrected chi connectivity index (χ1v) is 6.54. The van der Waals surface area contributed by atoms with Gasteiger partial charge in [-0.1, -0.05) is 28.9 Å². The molecule has 0 saturated carbocycles. The van der Waals surface area contributed by atoms with E-state index in [2.05, 4.69) is 43.9 Å². The van der Waals surface area contributed by atoms with Crippen molar-refractivity contribution in [3.8, 4) is 0 Å². The lowest BCUT2D eigenvalue weighted by molar-refractivity contribution is 0.686. The molecule has 1 aromatic carbocycles. The Labute approximate surface area is 110 Å². The molecule has 0 aliphatic heterocycles. The Morgan fingerprint density at radius 2 is 2.24 bits per heavy atom. The number of imidazole rings is 1. The smallest absolute Gasteiger partial charge is 0.207 e. The van der Waals surface area contributed by atoms with E-state index in [4.69, 9.17) is 0 Å². The van der Waals surface area contributed by atoms with Crippen LogP contribution >= 0.6 is 15.9 Å². The fourth-order valence-electron chi connectivity index (χ4n) is 1.75. The maximum Gasteiger partial charge on any atom is 0.207 e. The molecule has 90 valence electrons. The van der Waals surface area contributed by atoms with E-state index in [9.17, 15) is 0 Å². The molecule has 0 spiro atoms. The van der Waals surface area contributed by atoms with E-state index in [1.807, 2.05) is 31.2 Å². The molecule has 0 radical (unpaired) electrons. The van der Waals surface area contributed by atoms with Crippen LogP contribution in [0.5, 0.6) is 0 Å². The van der Waals surface area contributed by atoms with E-state index in [0.29, 0.717) is 0 Å². The van der Waals surface area contributed by atoms with E-state index < -0.39 is 0 Å². The van der Waals surface area contributed by atoms with Crippen LogP contribution in [0.4, 0.5) is 11.6 Å². The van der Waals surface area contributed by atoms with Gasteiger partial charge in [-0.3, -0.25) is 0 Å². The van der Waals surface area contributed by atoms with Gasteiger partial charge >= 0.3 is 0 Å². The van der Waals surface area contributed by atoms with Crippen molar-refractivity contribution in [2.24, 2.45) is 0 Å². The molecule has 0 bridgehead atoms. The number of benzene rings is 1. The summed E-state index contributed by atoms with van der Waals surface area (Å²) in [4.78, 5) is 4.49. The molecule has 2 aromatic rings. The molecule has 17 heavy (non-hydrogen) atoms. The number of nitrogens with one attached hydrogen (secondary N) is 1. The standard InChI is InChI=1S/C13H16BrN3/c1-3-7-17-9-10(2)15-13(17)16-12-6-4-5-11(14)8-12/h4-6,8-9H,3,7H2,1-2H3,(H,15,16). The summed E-state index contributed by atoms with van der Waals surface area (Å²) < 4.78 is 3.21. The Morgan fingerprint density at radius 3 is 2.94 bits per heavy atom. The molecule has 0 unspecified atom stereocenters. The van der Waals surface area contributed by atoms with Crippen LogP contribution in [0.15, 0.2) is 34.9 Å². The molecule has 0 fully saturated rings. The summed E-state index contributed by atoms with van der Waals surface area (Å²) >= 11 is 3.46. The third-order valence-electron chi connectivity index (χ3n) is 2.44. The molecule has 2 rings (SSSR count). The monoisotopic (exact) mass is 293 g/mol. The van der Waals surface area contributed by atoms with Crippen LogP contribution in [0.1, 0.15) is 19.0 Å². The second-order valence-corrected chi connectivity index (χ2v) is 4.95. The van der Waals surface area contributed by atoms with Crippen molar-refractivity contribution in [2.45, 2.75) is 26.8 Å². The van der Waals surface area contributed by atoms with Gasteiger partial charge in [0.15, 0.2) is 0 Å². The van der Waals surface area contributed by atoms with Gasteiger partial charge in [-0.15, -0.1) is 0 Å². The van der Waals surface area contributed by atoms with Crippen LogP contribution in [0.3, 0.4) is 0 Å². The van der Waals surface area contributed by atoms with Gasteiger partial charge < -0.3 is 9.88 Å². The van der Waals surface area contributed by atoms with Crippen LogP contribution in [-0.2, 0) is 6.54 Å². The number of hydrogen-bond acceptors (Lipinski definition) is 2. The maximum absolute atomic E-state index is 4.49. The summed E-state index contributed by atoms with van der Waals surface area (Å²) in [6, 6.07) is 8.09. The zero-order valence-corrected chi connectivity index (χ0v) is 11.7. The second-order valence-electron chi connectivity index (χ2n) is 4.03. The summed E-state index contributed by atoms with van der Waals surface area (Å²) in [6.45, 7) is 5.16. The molecule has 0 aliphatic rings. The van der Waals surface area contributed by atoms with Crippen molar-refractivity contribution in [2.75, 3.05) is 5.32 Å². The minimum atomic E-state index is 0.905. The fraction of sp³-hybridized carbons (Fsp3) is 0.308. The van der Waals surface area contributed by atoms with Gasteiger partial charge in [0, 0.05) is 22.9 Å². The highest BCUT2D eigenvalue weighted by Crippen LogP contribution is 2.20. The summed E-state index contributed by atoms with van der Waals surface area (Å²) in [5, 5.41) is 3.34. The summed E-state index contributed by atoms with van der Waals surface area (Å²) in [7, 11) is 0. The Morgan fingerprint density at radius 1 is 1.41 bits per heavy atom. The Hall–Kier alpha value is -1.29.